The quantitative estimate of drug-likeness (QED) is 0.570. The third-order valence-electron chi connectivity index (χ3n) is 1.63. The lowest BCUT2D eigenvalue weighted by Gasteiger charge is -2.04. The summed E-state index contributed by atoms with van der Waals surface area (Å²) in [6.07, 6.45) is 1.75. The molecule has 1 heterocycles. The summed E-state index contributed by atoms with van der Waals surface area (Å²) in [5.74, 6) is 0. The lowest BCUT2D eigenvalue weighted by atomic mass is 10.3. The second-order valence-corrected chi connectivity index (χ2v) is 2.79. The molecule has 0 atom stereocenters. The lowest BCUT2D eigenvalue weighted by molar-refractivity contribution is 0.249. The van der Waals surface area contributed by atoms with Crippen molar-refractivity contribution < 1.29 is 4.79 Å². The van der Waals surface area contributed by atoms with Crippen LogP contribution >= 0.6 is 0 Å². The first kappa shape index (κ1) is 10.5. The number of rotatable bonds is 5. The molecule has 0 spiro atoms. The predicted molar refractivity (Wildman–Crippen MR) is 53.5 cm³/mol. The summed E-state index contributed by atoms with van der Waals surface area (Å²) < 4.78 is 0. The first-order chi connectivity index (χ1) is 6.79. The van der Waals surface area contributed by atoms with Gasteiger partial charge in [0.2, 0.25) is 0 Å². The Labute approximate surface area is 82.7 Å². The van der Waals surface area contributed by atoms with Crippen molar-refractivity contribution in [2.45, 2.75) is 6.54 Å². The van der Waals surface area contributed by atoms with E-state index in [9.17, 15) is 4.79 Å². The molecular formula is C9H14N4O. The van der Waals surface area contributed by atoms with Crippen LogP contribution in [0.3, 0.4) is 0 Å². The maximum absolute atomic E-state index is 10.3. The number of primary amides is 1. The molecule has 0 aliphatic heterocycles. The summed E-state index contributed by atoms with van der Waals surface area (Å²) >= 11 is 0. The number of aromatic nitrogens is 1. The minimum absolute atomic E-state index is 0.496. The van der Waals surface area contributed by atoms with Crippen molar-refractivity contribution >= 4 is 6.03 Å². The van der Waals surface area contributed by atoms with Gasteiger partial charge in [0.05, 0.1) is 5.69 Å². The smallest absolute Gasteiger partial charge is 0.312 e. The topological polar surface area (TPSA) is 80.0 Å². The summed E-state index contributed by atoms with van der Waals surface area (Å²) in [7, 11) is 0. The average Bonchev–Trinajstić information content (AvgIpc) is 2.18. The summed E-state index contributed by atoms with van der Waals surface area (Å²) in [5, 5.41) is 5.61. The number of pyridine rings is 1. The highest BCUT2D eigenvalue weighted by Gasteiger charge is 1.92. The Morgan fingerprint density at radius 2 is 2.29 bits per heavy atom. The minimum atomic E-state index is -0.496. The highest BCUT2D eigenvalue weighted by atomic mass is 16.2. The van der Waals surface area contributed by atoms with Crippen LogP contribution < -0.4 is 16.4 Å². The van der Waals surface area contributed by atoms with Gasteiger partial charge >= 0.3 is 6.03 Å². The Bertz CT molecular complexity index is 275. The zero-order valence-electron chi connectivity index (χ0n) is 7.86. The summed E-state index contributed by atoms with van der Waals surface area (Å²) in [6.45, 7) is 1.91. The van der Waals surface area contributed by atoms with Gasteiger partial charge in [-0.3, -0.25) is 4.98 Å². The highest BCUT2D eigenvalue weighted by Crippen LogP contribution is 1.90. The van der Waals surface area contributed by atoms with Crippen LogP contribution in [0.25, 0.3) is 0 Å². The average molecular weight is 194 g/mol. The third kappa shape index (κ3) is 4.42. The Morgan fingerprint density at radius 1 is 1.43 bits per heavy atom. The molecule has 0 aliphatic carbocycles. The number of nitrogens with one attached hydrogen (secondary N) is 2. The number of nitrogens with zero attached hydrogens (tertiary/aromatic N) is 1. The normalized spacial score (nSPS) is 9.71. The van der Waals surface area contributed by atoms with E-state index < -0.39 is 6.03 Å². The molecule has 1 aromatic rings. The van der Waals surface area contributed by atoms with E-state index in [1.54, 1.807) is 6.20 Å². The van der Waals surface area contributed by atoms with Crippen molar-refractivity contribution in [2.75, 3.05) is 13.1 Å². The SMILES string of the molecule is NC(=O)NCCNCc1ccccn1. The van der Waals surface area contributed by atoms with Gasteiger partial charge < -0.3 is 16.4 Å². The van der Waals surface area contributed by atoms with Gasteiger partial charge in [-0.15, -0.1) is 0 Å². The fraction of sp³-hybridized carbons (Fsp3) is 0.333. The van der Waals surface area contributed by atoms with Crippen LogP contribution in [0.1, 0.15) is 5.69 Å². The van der Waals surface area contributed by atoms with E-state index in [1.807, 2.05) is 18.2 Å². The van der Waals surface area contributed by atoms with Gasteiger partial charge in [0, 0.05) is 25.8 Å². The number of carbonyl (C=O) groups is 1. The van der Waals surface area contributed by atoms with Crippen LogP contribution in [0.15, 0.2) is 24.4 Å². The molecule has 2 amide bonds. The Morgan fingerprint density at radius 3 is 2.93 bits per heavy atom. The Kier molecular flexibility index (Phi) is 4.43. The molecule has 0 radical (unpaired) electrons. The lowest BCUT2D eigenvalue weighted by Crippen LogP contribution is -2.35. The summed E-state index contributed by atoms with van der Waals surface area (Å²) in [6, 6.07) is 5.25. The molecule has 0 bridgehead atoms. The van der Waals surface area contributed by atoms with Gasteiger partial charge in [-0.2, -0.15) is 0 Å². The number of amides is 2. The van der Waals surface area contributed by atoms with E-state index in [-0.39, 0.29) is 0 Å². The predicted octanol–water partition coefficient (Wildman–Crippen LogP) is -0.160. The van der Waals surface area contributed by atoms with Gasteiger partial charge in [-0.25, -0.2) is 4.79 Å². The van der Waals surface area contributed by atoms with E-state index in [1.165, 1.54) is 0 Å². The zero-order chi connectivity index (χ0) is 10.2. The number of carbonyl (C=O) groups excluding carboxylic acids is 1. The number of urea groups is 1. The standard InChI is InChI=1S/C9H14N4O/c10-9(14)13-6-5-11-7-8-3-1-2-4-12-8/h1-4,11H,5-7H2,(H3,10,13,14). The van der Waals surface area contributed by atoms with Gasteiger partial charge in [-0.05, 0) is 12.1 Å². The first-order valence-corrected chi connectivity index (χ1v) is 4.43. The first-order valence-electron chi connectivity index (χ1n) is 4.43. The fourth-order valence-corrected chi connectivity index (χ4v) is 0.993. The molecular weight excluding hydrogens is 180 g/mol. The van der Waals surface area contributed by atoms with Crippen molar-refractivity contribution in [1.29, 1.82) is 0 Å². The van der Waals surface area contributed by atoms with Crippen molar-refractivity contribution in [3.8, 4) is 0 Å². The van der Waals surface area contributed by atoms with E-state index in [2.05, 4.69) is 15.6 Å². The number of hydrogen-bond acceptors (Lipinski definition) is 3. The van der Waals surface area contributed by atoms with Gasteiger partial charge in [0.15, 0.2) is 0 Å². The Hall–Kier alpha value is -1.62. The van der Waals surface area contributed by atoms with Crippen LogP contribution in [0.5, 0.6) is 0 Å². The molecule has 14 heavy (non-hydrogen) atoms. The minimum Gasteiger partial charge on any atom is -0.352 e. The molecule has 0 aliphatic rings. The molecule has 1 rings (SSSR count). The van der Waals surface area contributed by atoms with Crippen LogP contribution in [0, 0.1) is 0 Å². The van der Waals surface area contributed by atoms with Crippen molar-refractivity contribution in [1.82, 2.24) is 15.6 Å². The molecule has 1 aromatic heterocycles. The monoisotopic (exact) mass is 194 g/mol. The zero-order valence-corrected chi connectivity index (χ0v) is 7.86. The van der Waals surface area contributed by atoms with E-state index >= 15 is 0 Å². The van der Waals surface area contributed by atoms with Gasteiger partial charge in [-0.1, -0.05) is 6.07 Å². The molecule has 0 aromatic carbocycles. The second-order valence-electron chi connectivity index (χ2n) is 2.79. The van der Waals surface area contributed by atoms with Crippen LogP contribution in [-0.2, 0) is 6.54 Å². The van der Waals surface area contributed by atoms with Gasteiger partial charge in [0.25, 0.3) is 0 Å². The fourth-order valence-electron chi connectivity index (χ4n) is 0.993. The highest BCUT2D eigenvalue weighted by molar-refractivity contribution is 5.71. The van der Waals surface area contributed by atoms with E-state index in [0.29, 0.717) is 19.6 Å². The summed E-state index contributed by atoms with van der Waals surface area (Å²) in [4.78, 5) is 14.4. The van der Waals surface area contributed by atoms with Crippen molar-refractivity contribution in [3.05, 3.63) is 30.1 Å². The Balaban J connectivity index is 2.08. The number of hydrogen-bond donors (Lipinski definition) is 3. The molecule has 0 saturated heterocycles. The largest absolute Gasteiger partial charge is 0.352 e. The molecule has 4 N–H and O–H groups in total. The van der Waals surface area contributed by atoms with E-state index in [4.69, 9.17) is 5.73 Å². The van der Waals surface area contributed by atoms with Gasteiger partial charge in [0.1, 0.15) is 0 Å². The van der Waals surface area contributed by atoms with Crippen LogP contribution in [0.4, 0.5) is 4.79 Å². The molecule has 0 unspecified atom stereocenters. The molecule has 5 heteroatoms. The molecule has 0 fully saturated rings. The third-order valence-corrected chi connectivity index (χ3v) is 1.63. The van der Waals surface area contributed by atoms with Crippen molar-refractivity contribution in [2.24, 2.45) is 5.73 Å². The number of nitrogens with two attached hydrogens (primary N) is 1. The maximum atomic E-state index is 10.3. The van der Waals surface area contributed by atoms with Crippen LogP contribution in [-0.4, -0.2) is 24.1 Å². The second kappa shape index (κ2) is 5.93. The van der Waals surface area contributed by atoms with Crippen LogP contribution in [0.2, 0.25) is 0 Å². The van der Waals surface area contributed by atoms with Crippen molar-refractivity contribution in [3.63, 3.8) is 0 Å². The molecule has 76 valence electrons. The molecule has 0 saturated carbocycles. The maximum Gasteiger partial charge on any atom is 0.312 e. The molecule has 5 nitrogen and oxygen atoms in total. The summed E-state index contributed by atoms with van der Waals surface area (Å²) in [5.41, 5.74) is 5.87. The van der Waals surface area contributed by atoms with E-state index in [0.717, 1.165) is 5.69 Å².